The van der Waals surface area contributed by atoms with Crippen molar-refractivity contribution in [2.24, 2.45) is 4.99 Å². The van der Waals surface area contributed by atoms with E-state index in [2.05, 4.69) is 10.3 Å². The molecule has 0 atom stereocenters. The number of hydrogen-bond acceptors (Lipinski definition) is 3. The monoisotopic (exact) mass is 331 g/mol. The molecule has 0 aromatic heterocycles. The molecule has 0 radical (unpaired) electrons. The van der Waals surface area contributed by atoms with E-state index in [9.17, 15) is 8.42 Å². The van der Waals surface area contributed by atoms with E-state index >= 15 is 0 Å². The standard InChI is InChI=1S/C14H22ClN3O2S/c1-16-14(17-8-5-9-21(3,19)20)18(2)11-12-6-4-7-13(15)10-12/h4,6-7,10H,5,8-9,11H2,1-3H3,(H,16,17). The summed E-state index contributed by atoms with van der Waals surface area (Å²) in [5.41, 5.74) is 1.09. The first kappa shape index (κ1) is 17.8. The summed E-state index contributed by atoms with van der Waals surface area (Å²) in [6, 6.07) is 7.66. The number of sulfone groups is 1. The highest BCUT2D eigenvalue weighted by atomic mass is 35.5. The molecule has 0 aliphatic carbocycles. The van der Waals surface area contributed by atoms with Gasteiger partial charge in [-0.15, -0.1) is 0 Å². The van der Waals surface area contributed by atoms with Crippen LogP contribution in [0.1, 0.15) is 12.0 Å². The van der Waals surface area contributed by atoms with Gasteiger partial charge in [0.15, 0.2) is 5.96 Å². The van der Waals surface area contributed by atoms with Crippen molar-refractivity contribution in [3.8, 4) is 0 Å². The van der Waals surface area contributed by atoms with Crippen LogP contribution in [0.15, 0.2) is 29.3 Å². The van der Waals surface area contributed by atoms with Gasteiger partial charge in [-0.2, -0.15) is 0 Å². The smallest absolute Gasteiger partial charge is 0.193 e. The molecule has 1 rings (SSSR count). The van der Waals surface area contributed by atoms with Gasteiger partial charge in [-0.3, -0.25) is 4.99 Å². The van der Waals surface area contributed by atoms with Crippen LogP contribution >= 0.6 is 11.6 Å². The summed E-state index contributed by atoms with van der Waals surface area (Å²) in [4.78, 5) is 6.15. The van der Waals surface area contributed by atoms with Crippen molar-refractivity contribution in [3.63, 3.8) is 0 Å². The maximum atomic E-state index is 11.1. The number of rotatable bonds is 6. The maximum absolute atomic E-state index is 11.1. The molecule has 1 N–H and O–H groups in total. The van der Waals surface area contributed by atoms with Gasteiger partial charge < -0.3 is 10.2 Å². The molecular formula is C14H22ClN3O2S. The van der Waals surface area contributed by atoms with E-state index in [0.717, 1.165) is 11.5 Å². The van der Waals surface area contributed by atoms with E-state index < -0.39 is 9.84 Å². The molecule has 0 aliphatic heterocycles. The zero-order valence-electron chi connectivity index (χ0n) is 12.6. The van der Waals surface area contributed by atoms with Gasteiger partial charge in [0.25, 0.3) is 0 Å². The van der Waals surface area contributed by atoms with Gasteiger partial charge >= 0.3 is 0 Å². The first-order valence-corrected chi connectivity index (χ1v) is 9.09. The largest absolute Gasteiger partial charge is 0.356 e. The van der Waals surface area contributed by atoms with Crippen LogP contribution < -0.4 is 5.32 Å². The fourth-order valence-corrected chi connectivity index (χ4v) is 2.78. The SMILES string of the molecule is CN=C(NCCCS(C)(=O)=O)N(C)Cc1cccc(Cl)c1. The second-order valence-corrected chi connectivity index (χ2v) is 7.64. The minimum absolute atomic E-state index is 0.176. The molecule has 0 bridgehead atoms. The van der Waals surface area contributed by atoms with Gasteiger partial charge in [-0.05, 0) is 24.1 Å². The van der Waals surface area contributed by atoms with Gasteiger partial charge in [0.05, 0.1) is 5.75 Å². The molecule has 118 valence electrons. The fourth-order valence-electron chi connectivity index (χ4n) is 1.90. The van der Waals surface area contributed by atoms with Crippen molar-refractivity contribution < 1.29 is 8.42 Å². The van der Waals surface area contributed by atoms with Gasteiger partial charge in [-0.25, -0.2) is 8.42 Å². The highest BCUT2D eigenvalue weighted by Crippen LogP contribution is 2.12. The predicted octanol–water partition coefficient (Wildman–Crippen LogP) is 1.78. The Morgan fingerprint density at radius 2 is 2.14 bits per heavy atom. The number of aliphatic imine (C=N–C) groups is 1. The Bertz CT molecular complexity index is 588. The van der Waals surface area contributed by atoms with Crippen molar-refractivity contribution in [1.82, 2.24) is 10.2 Å². The van der Waals surface area contributed by atoms with Gasteiger partial charge in [0.1, 0.15) is 9.84 Å². The molecule has 0 fully saturated rings. The Morgan fingerprint density at radius 1 is 1.43 bits per heavy atom. The molecule has 0 aliphatic rings. The summed E-state index contributed by atoms with van der Waals surface area (Å²) in [6.45, 7) is 1.24. The van der Waals surface area contributed by atoms with Crippen molar-refractivity contribution in [2.45, 2.75) is 13.0 Å². The average molecular weight is 332 g/mol. The molecule has 0 heterocycles. The molecule has 5 nitrogen and oxygen atoms in total. The lowest BCUT2D eigenvalue weighted by molar-refractivity contribution is 0.476. The molecular weight excluding hydrogens is 310 g/mol. The lowest BCUT2D eigenvalue weighted by Gasteiger charge is -2.22. The normalized spacial score (nSPS) is 12.3. The summed E-state index contributed by atoms with van der Waals surface area (Å²) in [6.07, 6.45) is 1.80. The van der Waals surface area contributed by atoms with E-state index in [1.807, 2.05) is 36.2 Å². The quantitative estimate of drug-likeness (QED) is 0.490. The number of halogens is 1. The molecule has 1 aromatic carbocycles. The number of guanidine groups is 1. The number of benzene rings is 1. The zero-order chi connectivity index (χ0) is 15.9. The lowest BCUT2D eigenvalue weighted by Crippen LogP contribution is -2.39. The summed E-state index contributed by atoms with van der Waals surface area (Å²) in [5.74, 6) is 0.901. The highest BCUT2D eigenvalue weighted by Gasteiger charge is 2.07. The molecule has 21 heavy (non-hydrogen) atoms. The van der Waals surface area contributed by atoms with Crippen LogP contribution in [-0.4, -0.2) is 51.9 Å². The first-order chi connectivity index (χ1) is 9.81. The maximum Gasteiger partial charge on any atom is 0.193 e. The molecule has 0 spiro atoms. The fraction of sp³-hybridized carbons (Fsp3) is 0.500. The topological polar surface area (TPSA) is 61.8 Å². The van der Waals surface area contributed by atoms with Crippen molar-refractivity contribution >= 4 is 27.4 Å². The number of nitrogens with zero attached hydrogens (tertiary/aromatic N) is 2. The molecule has 1 aromatic rings. The summed E-state index contributed by atoms with van der Waals surface area (Å²) in [5, 5.41) is 3.86. The van der Waals surface area contributed by atoms with Crippen molar-refractivity contribution in [2.75, 3.05) is 32.6 Å². The highest BCUT2D eigenvalue weighted by molar-refractivity contribution is 7.90. The van der Waals surface area contributed by atoms with Crippen molar-refractivity contribution in [3.05, 3.63) is 34.9 Å². The molecule has 0 amide bonds. The summed E-state index contributed by atoms with van der Waals surface area (Å²) in [7, 11) is 0.715. The Hall–Kier alpha value is -1.27. The van der Waals surface area contributed by atoms with Crippen LogP contribution in [0.25, 0.3) is 0 Å². The van der Waals surface area contributed by atoms with E-state index in [1.165, 1.54) is 6.26 Å². The average Bonchev–Trinajstić information content (AvgIpc) is 2.37. The third kappa shape index (κ3) is 7.34. The van der Waals surface area contributed by atoms with E-state index in [0.29, 0.717) is 24.5 Å². The third-order valence-corrected chi connectivity index (χ3v) is 4.12. The van der Waals surface area contributed by atoms with E-state index in [1.54, 1.807) is 7.05 Å². The lowest BCUT2D eigenvalue weighted by atomic mass is 10.2. The molecule has 0 saturated heterocycles. The van der Waals surface area contributed by atoms with Crippen LogP contribution in [0.5, 0.6) is 0 Å². The number of nitrogens with one attached hydrogen (secondary N) is 1. The van der Waals surface area contributed by atoms with Gasteiger partial charge in [0.2, 0.25) is 0 Å². The summed E-state index contributed by atoms with van der Waals surface area (Å²) >= 11 is 5.97. The van der Waals surface area contributed by atoms with Crippen LogP contribution in [-0.2, 0) is 16.4 Å². The zero-order valence-corrected chi connectivity index (χ0v) is 14.2. The minimum atomic E-state index is -2.91. The minimum Gasteiger partial charge on any atom is -0.356 e. The Kier molecular flexibility index (Phi) is 6.98. The third-order valence-electron chi connectivity index (χ3n) is 2.86. The second-order valence-electron chi connectivity index (χ2n) is 4.94. The Balaban J connectivity index is 2.48. The van der Waals surface area contributed by atoms with Gasteiger partial charge in [-0.1, -0.05) is 23.7 Å². The van der Waals surface area contributed by atoms with Crippen LogP contribution in [0.4, 0.5) is 0 Å². The number of hydrogen-bond donors (Lipinski definition) is 1. The summed E-state index contributed by atoms with van der Waals surface area (Å²) < 4.78 is 22.1. The van der Waals surface area contributed by atoms with E-state index in [4.69, 9.17) is 11.6 Å². The second kappa shape index (κ2) is 8.24. The molecule has 0 saturated carbocycles. The Labute approximate surface area is 131 Å². The van der Waals surface area contributed by atoms with Gasteiger partial charge in [0, 0.05) is 38.5 Å². The van der Waals surface area contributed by atoms with Crippen molar-refractivity contribution in [1.29, 1.82) is 0 Å². The first-order valence-electron chi connectivity index (χ1n) is 6.66. The van der Waals surface area contributed by atoms with E-state index in [-0.39, 0.29) is 5.75 Å². The Morgan fingerprint density at radius 3 is 2.71 bits per heavy atom. The predicted molar refractivity (Wildman–Crippen MR) is 88.6 cm³/mol. The van der Waals surface area contributed by atoms with Crippen LogP contribution in [0.3, 0.4) is 0 Å². The molecule has 7 heteroatoms. The van der Waals surface area contributed by atoms with Crippen LogP contribution in [0.2, 0.25) is 5.02 Å². The van der Waals surface area contributed by atoms with Crippen LogP contribution in [0, 0.1) is 0 Å². The molecule has 0 unspecified atom stereocenters.